The fourth-order valence-electron chi connectivity index (χ4n) is 2.58. The van der Waals surface area contributed by atoms with Gasteiger partial charge in [-0.05, 0) is 36.1 Å². The largest absolute Gasteiger partial charge is 0.496 e. The summed E-state index contributed by atoms with van der Waals surface area (Å²) in [6.07, 6.45) is 4.95. The number of benzene rings is 1. The van der Waals surface area contributed by atoms with Gasteiger partial charge in [-0.15, -0.1) is 0 Å². The van der Waals surface area contributed by atoms with E-state index in [1.54, 1.807) is 32.8 Å². The molecule has 0 spiro atoms. The second-order valence-electron chi connectivity index (χ2n) is 4.96. The minimum atomic E-state index is -0.155. The van der Waals surface area contributed by atoms with Crippen LogP contribution < -0.4 is 15.0 Å². The summed E-state index contributed by atoms with van der Waals surface area (Å²) in [7, 11) is 3.25. The first-order valence-electron chi connectivity index (χ1n) is 7.84. The Kier molecular flexibility index (Phi) is 5.58. The van der Waals surface area contributed by atoms with Crippen LogP contribution in [-0.4, -0.2) is 24.2 Å². The van der Waals surface area contributed by atoms with Gasteiger partial charge in [0, 0.05) is 29.7 Å². The van der Waals surface area contributed by atoms with E-state index in [0.717, 1.165) is 33.6 Å². The fraction of sp³-hybridized carbons (Fsp3) is 0.263. The summed E-state index contributed by atoms with van der Waals surface area (Å²) in [5.74, 6) is 1.48. The van der Waals surface area contributed by atoms with E-state index in [0.29, 0.717) is 5.39 Å². The zero-order valence-electron chi connectivity index (χ0n) is 14.6. The molecule has 0 bridgehead atoms. The van der Waals surface area contributed by atoms with Crippen LogP contribution in [0, 0.1) is 6.92 Å². The molecule has 0 fully saturated rings. The lowest BCUT2D eigenvalue weighted by molar-refractivity contribution is 0.389. The molecule has 1 aromatic carbocycles. The van der Waals surface area contributed by atoms with Crippen LogP contribution in [0.3, 0.4) is 0 Å². The Morgan fingerprint density at radius 3 is 2.25 bits per heavy atom. The maximum Gasteiger partial charge on any atom is 0.257 e. The Bertz CT molecular complexity index is 875. The molecule has 24 heavy (non-hydrogen) atoms. The van der Waals surface area contributed by atoms with E-state index in [1.807, 2.05) is 39.0 Å². The van der Waals surface area contributed by atoms with Gasteiger partial charge in [0.1, 0.15) is 11.5 Å². The monoisotopic (exact) mass is 326 g/mol. The highest BCUT2D eigenvalue weighted by atomic mass is 16.5. The van der Waals surface area contributed by atoms with Crippen molar-refractivity contribution in [2.24, 2.45) is 0 Å². The molecule has 126 valence electrons. The maximum atomic E-state index is 11.9. The summed E-state index contributed by atoms with van der Waals surface area (Å²) in [5.41, 5.74) is 2.59. The molecule has 0 aliphatic rings. The van der Waals surface area contributed by atoms with E-state index < -0.39 is 0 Å². The highest BCUT2D eigenvalue weighted by Crippen LogP contribution is 2.36. The van der Waals surface area contributed by atoms with Gasteiger partial charge in [0.05, 0.1) is 19.6 Å². The van der Waals surface area contributed by atoms with Crippen molar-refractivity contribution in [2.45, 2.75) is 20.8 Å². The van der Waals surface area contributed by atoms with Gasteiger partial charge in [0.2, 0.25) is 0 Å². The lowest BCUT2D eigenvalue weighted by Crippen LogP contribution is -2.06. The first-order valence-corrected chi connectivity index (χ1v) is 7.84. The third-order valence-electron chi connectivity index (χ3n) is 3.77. The minimum Gasteiger partial charge on any atom is -0.496 e. The van der Waals surface area contributed by atoms with Crippen LogP contribution in [0.25, 0.3) is 21.9 Å². The Labute approximate surface area is 141 Å². The predicted molar refractivity (Wildman–Crippen MR) is 97.0 cm³/mol. The molecule has 0 saturated heterocycles. The van der Waals surface area contributed by atoms with Crippen molar-refractivity contribution in [1.29, 1.82) is 0 Å². The molecular weight excluding hydrogens is 304 g/mol. The number of rotatable bonds is 3. The Hall–Kier alpha value is -2.82. The summed E-state index contributed by atoms with van der Waals surface area (Å²) >= 11 is 0. The zero-order valence-corrected chi connectivity index (χ0v) is 14.6. The van der Waals surface area contributed by atoms with Crippen LogP contribution in [0.1, 0.15) is 19.4 Å². The van der Waals surface area contributed by atoms with E-state index in [9.17, 15) is 4.79 Å². The van der Waals surface area contributed by atoms with Crippen molar-refractivity contribution in [3.05, 3.63) is 52.7 Å². The number of H-pyrrole nitrogens is 1. The number of methoxy groups -OCH3 is 2. The number of aromatic amines is 1. The SMILES string of the molecule is CC.COc1cc(-c2c[nH]c(=O)c3cnccc23)cc(OC)c1C. The van der Waals surface area contributed by atoms with Crippen LogP contribution in [0.4, 0.5) is 0 Å². The molecule has 2 heterocycles. The van der Waals surface area contributed by atoms with Crippen LogP contribution in [0.2, 0.25) is 0 Å². The molecule has 0 aliphatic heterocycles. The molecule has 0 aliphatic carbocycles. The third kappa shape index (κ3) is 3.11. The fourth-order valence-corrected chi connectivity index (χ4v) is 2.58. The summed E-state index contributed by atoms with van der Waals surface area (Å²) in [4.78, 5) is 18.7. The number of nitrogens with zero attached hydrogens (tertiary/aromatic N) is 1. The molecule has 0 amide bonds. The number of hydrogen-bond acceptors (Lipinski definition) is 4. The summed E-state index contributed by atoms with van der Waals surface area (Å²) < 4.78 is 10.8. The number of hydrogen-bond donors (Lipinski definition) is 1. The van der Waals surface area contributed by atoms with Crippen molar-refractivity contribution in [1.82, 2.24) is 9.97 Å². The number of fused-ring (bicyclic) bond motifs is 1. The number of pyridine rings is 2. The lowest BCUT2D eigenvalue weighted by atomic mass is 10.00. The van der Waals surface area contributed by atoms with Crippen molar-refractivity contribution in [3.63, 3.8) is 0 Å². The Morgan fingerprint density at radius 1 is 1.04 bits per heavy atom. The van der Waals surface area contributed by atoms with Gasteiger partial charge in [-0.2, -0.15) is 0 Å². The Balaban J connectivity index is 0.00000100. The van der Waals surface area contributed by atoms with Gasteiger partial charge in [0.25, 0.3) is 5.56 Å². The first-order chi connectivity index (χ1) is 11.7. The highest BCUT2D eigenvalue weighted by molar-refractivity contribution is 5.95. The van der Waals surface area contributed by atoms with Gasteiger partial charge >= 0.3 is 0 Å². The van der Waals surface area contributed by atoms with Gasteiger partial charge in [-0.25, -0.2) is 0 Å². The molecule has 0 unspecified atom stereocenters. The van der Waals surface area contributed by atoms with E-state index in [4.69, 9.17) is 9.47 Å². The average Bonchev–Trinajstić information content (AvgIpc) is 2.64. The molecule has 3 rings (SSSR count). The smallest absolute Gasteiger partial charge is 0.257 e. The van der Waals surface area contributed by atoms with Crippen molar-refractivity contribution in [3.8, 4) is 22.6 Å². The van der Waals surface area contributed by atoms with E-state index in [2.05, 4.69) is 9.97 Å². The molecule has 2 aromatic heterocycles. The maximum absolute atomic E-state index is 11.9. The summed E-state index contributed by atoms with van der Waals surface area (Å²) in [5, 5.41) is 1.39. The van der Waals surface area contributed by atoms with Crippen LogP contribution in [0.15, 0.2) is 41.6 Å². The van der Waals surface area contributed by atoms with Gasteiger partial charge in [-0.1, -0.05) is 13.8 Å². The standard InChI is InChI=1S/C17H16N2O3.C2H6/c1-10-15(21-2)6-11(7-16(10)22-3)13-9-19-17(20)14-8-18-5-4-12(13)14;1-2/h4-9H,1-3H3,(H,19,20);1-2H3. The van der Waals surface area contributed by atoms with Gasteiger partial charge in [-0.3, -0.25) is 9.78 Å². The molecule has 0 atom stereocenters. The van der Waals surface area contributed by atoms with Crippen LogP contribution >= 0.6 is 0 Å². The summed E-state index contributed by atoms with van der Waals surface area (Å²) in [6.45, 7) is 5.94. The molecule has 3 aromatic rings. The van der Waals surface area contributed by atoms with Crippen molar-refractivity contribution >= 4 is 10.8 Å². The van der Waals surface area contributed by atoms with E-state index in [-0.39, 0.29) is 5.56 Å². The normalized spacial score (nSPS) is 10.0. The number of ether oxygens (including phenoxy) is 2. The average molecular weight is 326 g/mol. The molecule has 1 N–H and O–H groups in total. The highest BCUT2D eigenvalue weighted by Gasteiger charge is 2.12. The molecule has 5 nitrogen and oxygen atoms in total. The molecule has 5 heteroatoms. The quantitative estimate of drug-likeness (QED) is 0.792. The van der Waals surface area contributed by atoms with Gasteiger partial charge < -0.3 is 14.5 Å². The topological polar surface area (TPSA) is 64.2 Å². The number of nitrogens with one attached hydrogen (secondary N) is 1. The predicted octanol–water partition coefficient (Wildman–Crippen LogP) is 3.94. The van der Waals surface area contributed by atoms with Crippen molar-refractivity contribution in [2.75, 3.05) is 14.2 Å². The van der Waals surface area contributed by atoms with Crippen LogP contribution in [0.5, 0.6) is 11.5 Å². The van der Waals surface area contributed by atoms with E-state index >= 15 is 0 Å². The third-order valence-corrected chi connectivity index (χ3v) is 3.77. The first kappa shape index (κ1) is 17.5. The minimum absolute atomic E-state index is 0.155. The second kappa shape index (κ2) is 7.64. The second-order valence-corrected chi connectivity index (χ2v) is 4.96. The Morgan fingerprint density at radius 2 is 1.67 bits per heavy atom. The number of aromatic nitrogens is 2. The lowest BCUT2D eigenvalue weighted by Gasteiger charge is -2.13. The summed E-state index contributed by atoms with van der Waals surface area (Å²) in [6, 6.07) is 5.70. The van der Waals surface area contributed by atoms with Crippen molar-refractivity contribution < 1.29 is 9.47 Å². The van der Waals surface area contributed by atoms with Crippen LogP contribution in [-0.2, 0) is 0 Å². The molecular formula is C19H22N2O3. The van der Waals surface area contributed by atoms with Gasteiger partial charge in [0.15, 0.2) is 0 Å². The molecule has 0 saturated carbocycles. The van der Waals surface area contributed by atoms with E-state index in [1.165, 1.54) is 0 Å². The molecule has 0 radical (unpaired) electrons. The zero-order chi connectivity index (χ0) is 17.7.